The second-order valence-electron chi connectivity index (χ2n) is 6.52. The number of pyridine rings is 1. The third kappa shape index (κ3) is 4.47. The first kappa shape index (κ1) is 17.2. The summed E-state index contributed by atoms with van der Waals surface area (Å²) in [6.45, 7) is -0.155. The molecule has 1 saturated carbocycles. The van der Waals surface area contributed by atoms with Crippen molar-refractivity contribution in [1.82, 2.24) is 15.2 Å². The van der Waals surface area contributed by atoms with E-state index in [2.05, 4.69) is 10.6 Å². The third-order valence-electron chi connectivity index (χ3n) is 4.62. The van der Waals surface area contributed by atoms with Crippen LogP contribution in [-0.4, -0.2) is 29.0 Å². The van der Waals surface area contributed by atoms with E-state index in [1.807, 2.05) is 12.1 Å². The zero-order valence-corrected chi connectivity index (χ0v) is 14.2. The minimum absolute atomic E-state index is 0.0579. The Kier molecular flexibility index (Phi) is 5.48. The Morgan fingerprint density at radius 1 is 1.04 bits per heavy atom. The molecule has 0 radical (unpaired) electrons. The molecule has 25 heavy (non-hydrogen) atoms. The molecule has 1 heterocycles. The van der Waals surface area contributed by atoms with Crippen LogP contribution in [0.4, 0.5) is 0 Å². The summed E-state index contributed by atoms with van der Waals surface area (Å²) in [5, 5.41) is 6.96. The van der Waals surface area contributed by atoms with Gasteiger partial charge in [0.15, 0.2) is 0 Å². The number of benzene rings is 1. The van der Waals surface area contributed by atoms with Crippen LogP contribution in [0.5, 0.6) is 0 Å². The van der Waals surface area contributed by atoms with Gasteiger partial charge in [-0.3, -0.25) is 14.4 Å². The smallest absolute Gasteiger partial charge is 0.258 e. The fraction of sp³-hybridized carbons (Fsp3) is 0.421. The Balaban J connectivity index is 1.53. The van der Waals surface area contributed by atoms with Crippen LogP contribution in [0.1, 0.15) is 32.1 Å². The molecule has 0 unspecified atom stereocenters. The van der Waals surface area contributed by atoms with Crippen LogP contribution < -0.4 is 16.2 Å². The van der Waals surface area contributed by atoms with Gasteiger partial charge in [0.05, 0.1) is 6.54 Å². The lowest BCUT2D eigenvalue weighted by atomic mass is 9.95. The van der Waals surface area contributed by atoms with Crippen molar-refractivity contribution in [1.29, 1.82) is 0 Å². The molecule has 2 N–H and O–H groups in total. The molecule has 2 amide bonds. The van der Waals surface area contributed by atoms with Gasteiger partial charge >= 0.3 is 0 Å². The van der Waals surface area contributed by atoms with E-state index in [1.165, 1.54) is 11.0 Å². The number of hydrogen-bond acceptors (Lipinski definition) is 3. The number of carbonyl (C=O) groups excluding carboxylic acids is 2. The van der Waals surface area contributed by atoms with Gasteiger partial charge in [0.1, 0.15) is 6.54 Å². The maximum atomic E-state index is 12.4. The quantitative estimate of drug-likeness (QED) is 0.866. The normalized spacial score (nSPS) is 15.0. The van der Waals surface area contributed by atoms with E-state index in [-0.39, 0.29) is 36.5 Å². The molecule has 132 valence electrons. The molecule has 0 saturated heterocycles. The Morgan fingerprint density at radius 3 is 2.60 bits per heavy atom. The Hall–Kier alpha value is -2.63. The predicted molar refractivity (Wildman–Crippen MR) is 96.2 cm³/mol. The summed E-state index contributed by atoms with van der Waals surface area (Å²) in [5.74, 6) is -0.526. The fourth-order valence-corrected chi connectivity index (χ4v) is 3.27. The number of rotatable bonds is 5. The van der Waals surface area contributed by atoms with E-state index >= 15 is 0 Å². The van der Waals surface area contributed by atoms with E-state index in [1.54, 1.807) is 24.4 Å². The van der Waals surface area contributed by atoms with Gasteiger partial charge in [0.25, 0.3) is 5.56 Å². The average Bonchev–Trinajstić information content (AvgIpc) is 2.63. The van der Waals surface area contributed by atoms with Crippen molar-refractivity contribution >= 4 is 22.6 Å². The third-order valence-corrected chi connectivity index (χ3v) is 4.62. The lowest BCUT2D eigenvalue weighted by molar-refractivity contribution is -0.126. The van der Waals surface area contributed by atoms with Gasteiger partial charge in [0, 0.05) is 17.6 Å². The fourth-order valence-electron chi connectivity index (χ4n) is 3.27. The molecule has 0 bridgehead atoms. The van der Waals surface area contributed by atoms with E-state index in [0.717, 1.165) is 31.1 Å². The molecule has 1 aromatic heterocycles. The largest absolute Gasteiger partial charge is 0.352 e. The summed E-state index contributed by atoms with van der Waals surface area (Å²) in [6, 6.07) is 9.29. The number of fused-ring (bicyclic) bond motifs is 1. The molecule has 2 aromatic rings. The van der Waals surface area contributed by atoms with Crippen molar-refractivity contribution in [2.45, 2.75) is 44.7 Å². The minimum Gasteiger partial charge on any atom is -0.352 e. The SMILES string of the molecule is O=C(Cn1ccc2ccccc2c1=O)NCC(=O)NC1CCCCC1. The second kappa shape index (κ2) is 7.96. The summed E-state index contributed by atoms with van der Waals surface area (Å²) in [5.41, 5.74) is -0.208. The average molecular weight is 341 g/mol. The van der Waals surface area contributed by atoms with Gasteiger partial charge in [-0.05, 0) is 30.4 Å². The highest BCUT2D eigenvalue weighted by molar-refractivity contribution is 5.85. The molecule has 0 atom stereocenters. The zero-order valence-electron chi connectivity index (χ0n) is 14.2. The highest BCUT2D eigenvalue weighted by Gasteiger charge is 2.16. The molecule has 1 aromatic carbocycles. The Labute approximate surface area is 146 Å². The Bertz CT molecular complexity index is 822. The number of hydrogen-bond donors (Lipinski definition) is 2. The lowest BCUT2D eigenvalue weighted by Gasteiger charge is -2.22. The van der Waals surface area contributed by atoms with Crippen LogP contribution in [-0.2, 0) is 16.1 Å². The topological polar surface area (TPSA) is 80.2 Å². The number of nitrogens with one attached hydrogen (secondary N) is 2. The van der Waals surface area contributed by atoms with E-state index in [4.69, 9.17) is 0 Å². The van der Waals surface area contributed by atoms with Gasteiger partial charge in [-0.2, -0.15) is 0 Å². The first-order chi connectivity index (χ1) is 12.1. The second-order valence-corrected chi connectivity index (χ2v) is 6.52. The first-order valence-electron chi connectivity index (χ1n) is 8.78. The standard InChI is InChI=1S/C19H23N3O3/c23-17(21-15-7-2-1-3-8-15)12-20-18(24)13-22-11-10-14-6-4-5-9-16(14)19(22)25/h4-6,9-11,15H,1-3,7-8,12-13H2,(H,20,24)(H,21,23). The van der Waals surface area contributed by atoms with Crippen molar-refractivity contribution in [3.63, 3.8) is 0 Å². The van der Waals surface area contributed by atoms with Gasteiger partial charge < -0.3 is 15.2 Å². The van der Waals surface area contributed by atoms with Crippen LogP contribution in [0.2, 0.25) is 0 Å². The van der Waals surface area contributed by atoms with Crippen molar-refractivity contribution in [3.05, 3.63) is 46.9 Å². The molecule has 3 rings (SSSR count). The zero-order chi connectivity index (χ0) is 17.6. The van der Waals surface area contributed by atoms with Crippen LogP contribution in [0, 0.1) is 0 Å². The summed E-state index contributed by atoms with van der Waals surface area (Å²) in [4.78, 5) is 36.3. The van der Waals surface area contributed by atoms with E-state index < -0.39 is 0 Å². The predicted octanol–water partition coefficient (Wildman–Crippen LogP) is 1.57. The Morgan fingerprint density at radius 2 is 1.80 bits per heavy atom. The van der Waals surface area contributed by atoms with Crippen molar-refractivity contribution in [3.8, 4) is 0 Å². The molecule has 6 heteroatoms. The molecular formula is C19H23N3O3. The first-order valence-corrected chi connectivity index (χ1v) is 8.78. The minimum atomic E-state index is -0.351. The van der Waals surface area contributed by atoms with Crippen molar-refractivity contribution in [2.75, 3.05) is 6.54 Å². The van der Waals surface area contributed by atoms with Crippen molar-refractivity contribution in [2.24, 2.45) is 0 Å². The molecule has 0 spiro atoms. The molecule has 1 aliphatic carbocycles. The van der Waals surface area contributed by atoms with Crippen LogP contribution in [0.15, 0.2) is 41.3 Å². The summed E-state index contributed by atoms with van der Waals surface area (Å²) in [6.07, 6.45) is 7.12. The summed E-state index contributed by atoms with van der Waals surface area (Å²) < 4.78 is 1.36. The van der Waals surface area contributed by atoms with Crippen LogP contribution in [0.3, 0.4) is 0 Å². The molecular weight excluding hydrogens is 318 g/mol. The maximum Gasteiger partial charge on any atom is 0.258 e. The van der Waals surface area contributed by atoms with E-state index in [0.29, 0.717) is 5.39 Å². The number of aromatic nitrogens is 1. The molecule has 6 nitrogen and oxygen atoms in total. The number of nitrogens with zero attached hydrogens (tertiary/aromatic N) is 1. The highest BCUT2D eigenvalue weighted by Crippen LogP contribution is 2.17. The van der Waals surface area contributed by atoms with E-state index in [9.17, 15) is 14.4 Å². The monoisotopic (exact) mass is 341 g/mol. The lowest BCUT2D eigenvalue weighted by Crippen LogP contribution is -2.43. The molecule has 1 aliphatic rings. The highest BCUT2D eigenvalue weighted by atomic mass is 16.2. The number of amides is 2. The summed E-state index contributed by atoms with van der Waals surface area (Å²) in [7, 11) is 0. The number of carbonyl (C=O) groups is 2. The maximum absolute atomic E-state index is 12.4. The van der Waals surface area contributed by atoms with Crippen LogP contribution >= 0.6 is 0 Å². The van der Waals surface area contributed by atoms with Crippen molar-refractivity contribution < 1.29 is 9.59 Å². The van der Waals surface area contributed by atoms with Gasteiger partial charge in [-0.25, -0.2) is 0 Å². The summed E-state index contributed by atoms with van der Waals surface area (Å²) >= 11 is 0. The molecule has 0 aliphatic heterocycles. The van der Waals surface area contributed by atoms with Gasteiger partial charge in [-0.1, -0.05) is 37.5 Å². The van der Waals surface area contributed by atoms with Gasteiger partial charge in [0.2, 0.25) is 11.8 Å². The molecule has 1 fully saturated rings. The van der Waals surface area contributed by atoms with Gasteiger partial charge in [-0.15, -0.1) is 0 Å². The van der Waals surface area contributed by atoms with Crippen LogP contribution in [0.25, 0.3) is 10.8 Å².